The first kappa shape index (κ1) is 14.2. The van der Waals surface area contributed by atoms with E-state index in [0.717, 1.165) is 51.0 Å². The summed E-state index contributed by atoms with van der Waals surface area (Å²) in [7, 11) is 0. The Morgan fingerprint density at radius 3 is 3.06 bits per heavy atom. The van der Waals surface area contributed by atoms with Crippen LogP contribution >= 0.6 is 11.8 Å². The van der Waals surface area contributed by atoms with Crippen molar-refractivity contribution in [3.05, 3.63) is 0 Å². The predicted molar refractivity (Wildman–Crippen MR) is 78.5 cm³/mol. The molecule has 5 heteroatoms. The first-order valence-electron chi connectivity index (χ1n) is 7.12. The van der Waals surface area contributed by atoms with Crippen LogP contribution in [-0.2, 0) is 4.74 Å². The van der Waals surface area contributed by atoms with E-state index in [9.17, 15) is 0 Å². The van der Waals surface area contributed by atoms with Crippen LogP contribution in [0.1, 0.15) is 26.2 Å². The van der Waals surface area contributed by atoms with E-state index in [4.69, 9.17) is 4.74 Å². The van der Waals surface area contributed by atoms with Crippen LogP contribution in [0.25, 0.3) is 0 Å². The topological polar surface area (TPSA) is 36.9 Å². The lowest BCUT2D eigenvalue weighted by atomic mass is 10.2. The van der Waals surface area contributed by atoms with E-state index in [-0.39, 0.29) is 0 Å². The molecule has 0 saturated carbocycles. The van der Waals surface area contributed by atoms with Gasteiger partial charge in [-0.2, -0.15) is 0 Å². The molecule has 2 aliphatic heterocycles. The highest BCUT2D eigenvalue weighted by molar-refractivity contribution is 8.13. The number of amidine groups is 1. The van der Waals surface area contributed by atoms with Crippen LogP contribution in [0.5, 0.6) is 0 Å². The minimum Gasteiger partial charge on any atom is -0.379 e. The SMILES string of the molecule is CCC1CCSC(=NCCCN2CCOCC2)N1. The quantitative estimate of drug-likeness (QED) is 0.770. The molecule has 0 aromatic heterocycles. The third-order valence-electron chi connectivity index (χ3n) is 3.52. The number of ether oxygens (including phenoxy) is 1. The Kier molecular flexibility index (Phi) is 6.31. The number of aliphatic imine (C=N–C) groups is 1. The number of hydrogen-bond donors (Lipinski definition) is 1. The minimum absolute atomic E-state index is 0.643. The summed E-state index contributed by atoms with van der Waals surface area (Å²) in [6.45, 7) is 8.30. The highest BCUT2D eigenvalue weighted by atomic mass is 32.2. The van der Waals surface area contributed by atoms with Crippen LogP contribution < -0.4 is 5.32 Å². The van der Waals surface area contributed by atoms with Crippen molar-refractivity contribution in [2.75, 3.05) is 45.1 Å². The van der Waals surface area contributed by atoms with Crippen LogP contribution in [0.2, 0.25) is 0 Å². The van der Waals surface area contributed by atoms with Crippen molar-refractivity contribution in [3.8, 4) is 0 Å². The van der Waals surface area contributed by atoms with E-state index in [0.29, 0.717) is 6.04 Å². The lowest BCUT2D eigenvalue weighted by Crippen LogP contribution is -2.38. The number of nitrogens with zero attached hydrogens (tertiary/aromatic N) is 2. The molecule has 1 atom stereocenters. The smallest absolute Gasteiger partial charge is 0.156 e. The van der Waals surface area contributed by atoms with E-state index in [1.54, 1.807) is 0 Å². The highest BCUT2D eigenvalue weighted by Crippen LogP contribution is 2.15. The van der Waals surface area contributed by atoms with Crippen LogP contribution in [-0.4, -0.2) is 61.3 Å². The fraction of sp³-hybridized carbons (Fsp3) is 0.923. The van der Waals surface area contributed by atoms with Gasteiger partial charge in [0.15, 0.2) is 5.17 Å². The van der Waals surface area contributed by atoms with Crippen LogP contribution in [0, 0.1) is 0 Å². The molecule has 0 spiro atoms. The summed E-state index contributed by atoms with van der Waals surface area (Å²) in [5.41, 5.74) is 0. The van der Waals surface area contributed by atoms with Crippen molar-refractivity contribution in [1.82, 2.24) is 10.2 Å². The number of hydrogen-bond acceptors (Lipinski definition) is 4. The van der Waals surface area contributed by atoms with E-state index < -0.39 is 0 Å². The molecule has 1 unspecified atom stereocenters. The van der Waals surface area contributed by atoms with Gasteiger partial charge in [-0.05, 0) is 19.3 Å². The third-order valence-corrected chi connectivity index (χ3v) is 4.48. The van der Waals surface area contributed by atoms with Gasteiger partial charge in [0.2, 0.25) is 0 Å². The molecule has 0 aromatic carbocycles. The van der Waals surface area contributed by atoms with Gasteiger partial charge in [0.1, 0.15) is 0 Å². The van der Waals surface area contributed by atoms with Gasteiger partial charge < -0.3 is 10.1 Å². The minimum atomic E-state index is 0.643. The van der Waals surface area contributed by atoms with E-state index >= 15 is 0 Å². The Morgan fingerprint density at radius 2 is 2.28 bits per heavy atom. The molecule has 0 aliphatic carbocycles. The molecule has 2 rings (SSSR count). The zero-order valence-corrected chi connectivity index (χ0v) is 12.2. The van der Waals surface area contributed by atoms with E-state index in [1.807, 2.05) is 11.8 Å². The summed E-state index contributed by atoms with van der Waals surface area (Å²) < 4.78 is 5.34. The summed E-state index contributed by atoms with van der Waals surface area (Å²) >= 11 is 1.87. The number of rotatable bonds is 5. The predicted octanol–water partition coefficient (Wildman–Crippen LogP) is 1.57. The number of morpholine rings is 1. The monoisotopic (exact) mass is 271 g/mol. The second-order valence-corrected chi connectivity index (χ2v) is 5.96. The van der Waals surface area contributed by atoms with Gasteiger partial charge >= 0.3 is 0 Å². The lowest BCUT2D eigenvalue weighted by molar-refractivity contribution is 0.0377. The summed E-state index contributed by atoms with van der Waals surface area (Å²) in [6, 6.07) is 0.643. The second-order valence-electron chi connectivity index (χ2n) is 4.88. The van der Waals surface area contributed by atoms with Crippen LogP contribution in [0.3, 0.4) is 0 Å². The summed E-state index contributed by atoms with van der Waals surface area (Å²) in [5.74, 6) is 1.22. The highest BCUT2D eigenvalue weighted by Gasteiger charge is 2.15. The fourth-order valence-electron chi connectivity index (χ4n) is 2.28. The van der Waals surface area contributed by atoms with E-state index in [2.05, 4.69) is 22.1 Å². The average molecular weight is 271 g/mol. The second kappa shape index (κ2) is 8.02. The Labute approximate surface area is 115 Å². The molecule has 4 nitrogen and oxygen atoms in total. The Bertz CT molecular complexity index is 267. The molecular weight excluding hydrogens is 246 g/mol. The zero-order chi connectivity index (χ0) is 12.6. The van der Waals surface area contributed by atoms with Gasteiger partial charge in [-0.25, -0.2) is 0 Å². The molecule has 0 aromatic rings. The summed E-state index contributed by atoms with van der Waals surface area (Å²) in [6.07, 6.45) is 3.63. The summed E-state index contributed by atoms with van der Waals surface area (Å²) in [4.78, 5) is 7.15. The first-order chi connectivity index (χ1) is 8.88. The Balaban J connectivity index is 1.61. The molecule has 2 heterocycles. The largest absolute Gasteiger partial charge is 0.379 e. The molecule has 2 saturated heterocycles. The van der Waals surface area contributed by atoms with Gasteiger partial charge in [-0.1, -0.05) is 18.7 Å². The van der Waals surface area contributed by atoms with E-state index in [1.165, 1.54) is 18.6 Å². The van der Waals surface area contributed by atoms with Crippen LogP contribution in [0.4, 0.5) is 0 Å². The van der Waals surface area contributed by atoms with Crippen molar-refractivity contribution in [2.24, 2.45) is 4.99 Å². The molecule has 0 radical (unpaired) electrons. The van der Waals surface area contributed by atoms with Gasteiger partial charge in [-0.3, -0.25) is 9.89 Å². The van der Waals surface area contributed by atoms with Crippen molar-refractivity contribution >= 4 is 16.9 Å². The van der Waals surface area contributed by atoms with Crippen molar-refractivity contribution in [2.45, 2.75) is 32.2 Å². The molecule has 0 amide bonds. The normalized spacial score (nSPS) is 28.3. The van der Waals surface area contributed by atoms with Crippen molar-refractivity contribution < 1.29 is 4.74 Å². The number of thioether (sulfide) groups is 1. The Morgan fingerprint density at radius 1 is 1.44 bits per heavy atom. The summed E-state index contributed by atoms with van der Waals surface area (Å²) in [5, 5.41) is 4.68. The molecular formula is C13H25N3OS. The van der Waals surface area contributed by atoms with Gasteiger partial charge in [0, 0.05) is 38.0 Å². The first-order valence-corrected chi connectivity index (χ1v) is 8.11. The molecule has 18 heavy (non-hydrogen) atoms. The maximum Gasteiger partial charge on any atom is 0.156 e. The van der Waals surface area contributed by atoms with Crippen LogP contribution in [0.15, 0.2) is 4.99 Å². The average Bonchev–Trinajstić information content (AvgIpc) is 2.45. The van der Waals surface area contributed by atoms with Crippen molar-refractivity contribution in [1.29, 1.82) is 0 Å². The molecule has 2 fully saturated rings. The van der Waals surface area contributed by atoms with Gasteiger partial charge in [-0.15, -0.1) is 0 Å². The molecule has 0 bridgehead atoms. The van der Waals surface area contributed by atoms with Gasteiger partial charge in [0.05, 0.1) is 13.2 Å². The Hall–Kier alpha value is -0.260. The maximum absolute atomic E-state index is 5.34. The lowest BCUT2D eigenvalue weighted by Gasteiger charge is -2.26. The molecule has 1 N–H and O–H groups in total. The third kappa shape index (κ3) is 4.78. The maximum atomic E-state index is 5.34. The van der Waals surface area contributed by atoms with Crippen molar-refractivity contribution in [3.63, 3.8) is 0 Å². The number of nitrogens with one attached hydrogen (secondary N) is 1. The zero-order valence-electron chi connectivity index (χ0n) is 11.4. The molecule has 2 aliphatic rings. The fourth-order valence-corrected chi connectivity index (χ4v) is 3.31. The molecule has 104 valence electrons. The van der Waals surface area contributed by atoms with Gasteiger partial charge in [0.25, 0.3) is 0 Å². The standard InChI is InChI=1S/C13H25N3OS/c1-2-12-4-11-18-13(15-12)14-5-3-6-16-7-9-17-10-8-16/h12H,2-11H2,1H3,(H,14,15).